The lowest BCUT2D eigenvalue weighted by atomic mass is 10.2. The van der Waals surface area contributed by atoms with Gasteiger partial charge in [0.2, 0.25) is 5.91 Å². The molecule has 2 rings (SSSR count). The first kappa shape index (κ1) is 18.1. The standard InChI is InChI=1S/C17H15N3O4S/c1-24-15-9-2-12(3-10-15)4-11-16(21)19-17(25)18-13-5-7-14(8-6-13)20(22)23/h2-11H,1H3,(H2,18,19,21,25). The maximum atomic E-state index is 11.8. The van der Waals surface area contributed by atoms with Gasteiger partial charge in [-0.25, -0.2) is 0 Å². The van der Waals surface area contributed by atoms with Crippen molar-refractivity contribution in [1.82, 2.24) is 5.32 Å². The summed E-state index contributed by atoms with van der Waals surface area (Å²) < 4.78 is 5.06. The molecule has 0 atom stereocenters. The summed E-state index contributed by atoms with van der Waals surface area (Å²) in [6, 6.07) is 12.9. The molecular formula is C17H15N3O4S. The molecule has 0 saturated carbocycles. The third-order valence-electron chi connectivity index (χ3n) is 3.12. The number of hydrogen-bond acceptors (Lipinski definition) is 5. The van der Waals surface area contributed by atoms with Crippen LogP contribution in [0.15, 0.2) is 54.6 Å². The van der Waals surface area contributed by atoms with Crippen molar-refractivity contribution in [3.8, 4) is 5.75 Å². The lowest BCUT2D eigenvalue weighted by molar-refractivity contribution is -0.384. The van der Waals surface area contributed by atoms with Crippen molar-refractivity contribution in [2.24, 2.45) is 0 Å². The molecule has 8 heteroatoms. The van der Waals surface area contributed by atoms with E-state index in [1.807, 2.05) is 12.1 Å². The van der Waals surface area contributed by atoms with Crippen LogP contribution in [0.5, 0.6) is 5.75 Å². The highest BCUT2D eigenvalue weighted by Crippen LogP contribution is 2.15. The lowest BCUT2D eigenvalue weighted by Gasteiger charge is -2.07. The SMILES string of the molecule is COc1ccc(C=CC(=O)NC(=S)Nc2ccc([N+](=O)[O-])cc2)cc1. The second kappa shape index (κ2) is 8.55. The van der Waals surface area contributed by atoms with Gasteiger partial charge in [0.15, 0.2) is 5.11 Å². The highest BCUT2D eigenvalue weighted by molar-refractivity contribution is 7.80. The second-order valence-electron chi connectivity index (χ2n) is 4.85. The summed E-state index contributed by atoms with van der Waals surface area (Å²) in [5.74, 6) is 0.338. The monoisotopic (exact) mass is 357 g/mol. The Morgan fingerprint density at radius 1 is 1.16 bits per heavy atom. The van der Waals surface area contributed by atoms with Crippen LogP contribution in [0.4, 0.5) is 11.4 Å². The van der Waals surface area contributed by atoms with Crippen LogP contribution in [0.1, 0.15) is 5.56 Å². The average Bonchev–Trinajstić information content (AvgIpc) is 2.60. The topological polar surface area (TPSA) is 93.5 Å². The summed E-state index contributed by atoms with van der Waals surface area (Å²) >= 11 is 5.03. The van der Waals surface area contributed by atoms with Crippen molar-refractivity contribution in [2.75, 3.05) is 12.4 Å². The molecule has 0 fully saturated rings. The van der Waals surface area contributed by atoms with Crippen LogP contribution in [0, 0.1) is 10.1 Å². The molecule has 0 heterocycles. The highest BCUT2D eigenvalue weighted by Gasteiger charge is 2.05. The van der Waals surface area contributed by atoms with Crippen LogP contribution in [-0.4, -0.2) is 23.1 Å². The summed E-state index contributed by atoms with van der Waals surface area (Å²) in [5, 5.41) is 16.0. The third-order valence-corrected chi connectivity index (χ3v) is 3.32. The van der Waals surface area contributed by atoms with Crippen LogP contribution in [0.25, 0.3) is 6.08 Å². The molecule has 0 aliphatic carbocycles. The number of hydrogen-bond donors (Lipinski definition) is 2. The predicted octanol–water partition coefficient (Wildman–Crippen LogP) is 3.13. The molecule has 0 unspecified atom stereocenters. The van der Waals surface area contributed by atoms with E-state index in [4.69, 9.17) is 17.0 Å². The first-order chi connectivity index (χ1) is 12.0. The zero-order valence-corrected chi connectivity index (χ0v) is 14.1. The van der Waals surface area contributed by atoms with E-state index in [2.05, 4.69) is 10.6 Å². The second-order valence-corrected chi connectivity index (χ2v) is 5.26. The van der Waals surface area contributed by atoms with Crippen LogP contribution in [-0.2, 0) is 4.79 Å². The number of ether oxygens (including phenoxy) is 1. The number of nitrogens with one attached hydrogen (secondary N) is 2. The van der Waals surface area contributed by atoms with Gasteiger partial charge in [-0.2, -0.15) is 0 Å². The largest absolute Gasteiger partial charge is 0.497 e. The molecule has 2 aromatic rings. The van der Waals surface area contributed by atoms with Gasteiger partial charge in [0.1, 0.15) is 5.75 Å². The van der Waals surface area contributed by atoms with Crippen LogP contribution < -0.4 is 15.4 Å². The molecule has 1 amide bonds. The van der Waals surface area contributed by atoms with Gasteiger partial charge >= 0.3 is 0 Å². The van der Waals surface area contributed by atoms with Crippen molar-refractivity contribution in [1.29, 1.82) is 0 Å². The van der Waals surface area contributed by atoms with Crippen LogP contribution >= 0.6 is 12.2 Å². The number of nitro benzene ring substituents is 1. The van der Waals surface area contributed by atoms with Crippen LogP contribution in [0.2, 0.25) is 0 Å². The summed E-state index contributed by atoms with van der Waals surface area (Å²) in [6.45, 7) is 0. The molecule has 0 bridgehead atoms. The third kappa shape index (κ3) is 5.70. The molecular weight excluding hydrogens is 342 g/mol. The van der Waals surface area contributed by atoms with E-state index in [-0.39, 0.29) is 10.8 Å². The zero-order valence-electron chi connectivity index (χ0n) is 13.3. The van der Waals surface area contributed by atoms with Gasteiger partial charge in [-0.05, 0) is 48.1 Å². The van der Waals surface area contributed by atoms with Gasteiger partial charge in [-0.3, -0.25) is 20.2 Å². The number of non-ortho nitro benzene ring substituents is 1. The molecule has 0 aromatic heterocycles. The molecule has 0 spiro atoms. The Morgan fingerprint density at radius 3 is 2.36 bits per heavy atom. The summed E-state index contributed by atoms with van der Waals surface area (Å²) in [7, 11) is 1.58. The number of anilines is 1. The highest BCUT2D eigenvalue weighted by atomic mass is 32.1. The number of methoxy groups -OCH3 is 1. The number of nitro groups is 1. The van der Waals surface area contributed by atoms with E-state index in [1.165, 1.54) is 30.3 Å². The average molecular weight is 357 g/mol. The molecule has 0 aliphatic heterocycles. The fourth-order valence-corrected chi connectivity index (χ4v) is 2.09. The minimum Gasteiger partial charge on any atom is -0.497 e. The molecule has 0 saturated heterocycles. The first-order valence-corrected chi connectivity index (χ1v) is 7.57. The Bertz CT molecular complexity index is 802. The molecule has 7 nitrogen and oxygen atoms in total. The molecule has 2 N–H and O–H groups in total. The summed E-state index contributed by atoms with van der Waals surface area (Å²) in [6.07, 6.45) is 2.99. The van der Waals surface area contributed by atoms with E-state index >= 15 is 0 Å². The van der Waals surface area contributed by atoms with Crippen molar-refractivity contribution in [2.45, 2.75) is 0 Å². The number of thiocarbonyl (C=S) groups is 1. The number of rotatable bonds is 5. The Labute approximate surface area is 149 Å². The van der Waals surface area contributed by atoms with Gasteiger partial charge in [-0.1, -0.05) is 12.1 Å². The van der Waals surface area contributed by atoms with E-state index in [0.717, 1.165) is 11.3 Å². The summed E-state index contributed by atoms with van der Waals surface area (Å²) in [4.78, 5) is 21.9. The number of benzene rings is 2. The Balaban J connectivity index is 1.87. The Hall–Kier alpha value is -3.26. The lowest BCUT2D eigenvalue weighted by Crippen LogP contribution is -2.32. The fraction of sp³-hybridized carbons (Fsp3) is 0.0588. The van der Waals surface area contributed by atoms with E-state index in [9.17, 15) is 14.9 Å². The zero-order chi connectivity index (χ0) is 18.2. The molecule has 0 radical (unpaired) electrons. The van der Waals surface area contributed by atoms with Crippen molar-refractivity contribution >= 4 is 40.7 Å². The normalized spacial score (nSPS) is 10.3. The molecule has 0 aliphatic rings. The minimum absolute atomic E-state index is 0.0251. The maximum Gasteiger partial charge on any atom is 0.269 e. The number of carbonyl (C=O) groups excluding carboxylic acids is 1. The van der Waals surface area contributed by atoms with Crippen molar-refractivity contribution in [3.63, 3.8) is 0 Å². The molecule has 25 heavy (non-hydrogen) atoms. The first-order valence-electron chi connectivity index (χ1n) is 7.16. The smallest absolute Gasteiger partial charge is 0.269 e. The fourth-order valence-electron chi connectivity index (χ4n) is 1.87. The van der Waals surface area contributed by atoms with Gasteiger partial charge in [-0.15, -0.1) is 0 Å². The number of nitrogens with zero attached hydrogens (tertiary/aromatic N) is 1. The molecule has 2 aromatic carbocycles. The van der Waals surface area contributed by atoms with Gasteiger partial charge in [0.25, 0.3) is 5.69 Å². The Kier molecular flexibility index (Phi) is 6.19. The predicted molar refractivity (Wildman–Crippen MR) is 99.5 cm³/mol. The van der Waals surface area contributed by atoms with Gasteiger partial charge in [0, 0.05) is 23.9 Å². The number of amides is 1. The maximum absolute atomic E-state index is 11.8. The Morgan fingerprint density at radius 2 is 1.80 bits per heavy atom. The minimum atomic E-state index is -0.492. The van der Waals surface area contributed by atoms with Crippen molar-refractivity contribution in [3.05, 3.63) is 70.3 Å². The van der Waals surface area contributed by atoms with E-state index in [1.54, 1.807) is 25.3 Å². The number of carbonyl (C=O) groups is 1. The van der Waals surface area contributed by atoms with Crippen LogP contribution in [0.3, 0.4) is 0 Å². The summed E-state index contributed by atoms with van der Waals surface area (Å²) in [5.41, 5.74) is 1.35. The van der Waals surface area contributed by atoms with Gasteiger partial charge < -0.3 is 10.1 Å². The van der Waals surface area contributed by atoms with E-state index in [0.29, 0.717) is 5.69 Å². The van der Waals surface area contributed by atoms with E-state index < -0.39 is 10.8 Å². The van der Waals surface area contributed by atoms with Gasteiger partial charge in [0.05, 0.1) is 12.0 Å². The van der Waals surface area contributed by atoms with Crippen molar-refractivity contribution < 1.29 is 14.5 Å². The quantitative estimate of drug-likeness (QED) is 0.370. The molecule has 128 valence electrons.